The first-order valence-electron chi connectivity index (χ1n) is 5.21. The molecule has 0 spiro atoms. The first kappa shape index (κ1) is 7.57. The van der Waals surface area contributed by atoms with E-state index in [1.807, 2.05) is 0 Å². The van der Waals surface area contributed by atoms with Gasteiger partial charge in [-0.3, -0.25) is 4.90 Å². The second-order valence-electron chi connectivity index (χ2n) is 4.31. The van der Waals surface area contributed by atoms with E-state index in [0.29, 0.717) is 0 Å². The van der Waals surface area contributed by atoms with Crippen LogP contribution in [0.3, 0.4) is 0 Å². The molecule has 2 fully saturated rings. The van der Waals surface area contributed by atoms with Crippen LogP contribution >= 0.6 is 0 Å². The van der Waals surface area contributed by atoms with Gasteiger partial charge < -0.3 is 0 Å². The first-order valence-corrected chi connectivity index (χ1v) is 5.21. The van der Waals surface area contributed by atoms with Crippen LogP contribution in [0, 0.1) is 5.92 Å². The predicted molar refractivity (Wildman–Crippen MR) is 53.4 cm³/mol. The van der Waals surface area contributed by atoms with E-state index in [0.717, 1.165) is 12.0 Å². The number of likely N-dealkylation sites (tertiary alicyclic amines) is 1. The molecule has 1 aliphatic heterocycles. The summed E-state index contributed by atoms with van der Waals surface area (Å²) in [5.41, 5.74) is 1.47. The highest BCUT2D eigenvalue weighted by atomic mass is 15.2. The zero-order valence-corrected chi connectivity index (χ0v) is 7.82. The largest absolute Gasteiger partial charge is 0.296 e. The summed E-state index contributed by atoms with van der Waals surface area (Å²) in [6.07, 6.45) is 2.91. The molecule has 3 rings (SSSR count). The lowest BCUT2D eigenvalue weighted by Crippen LogP contribution is -2.22. The van der Waals surface area contributed by atoms with E-state index in [9.17, 15) is 0 Å². The van der Waals surface area contributed by atoms with Crippen LogP contribution < -0.4 is 0 Å². The average Bonchev–Trinajstić information content (AvgIpc) is 2.86. The molecular weight excluding hydrogens is 158 g/mol. The van der Waals surface area contributed by atoms with Gasteiger partial charge in [-0.25, -0.2) is 0 Å². The van der Waals surface area contributed by atoms with Gasteiger partial charge in [-0.2, -0.15) is 0 Å². The minimum atomic E-state index is 0.945. The highest BCUT2D eigenvalue weighted by molar-refractivity contribution is 5.16. The van der Waals surface area contributed by atoms with Crippen LogP contribution in [-0.4, -0.2) is 17.5 Å². The zero-order chi connectivity index (χ0) is 8.67. The molecule has 0 radical (unpaired) electrons. The van der Waals surface area contributed by atoms with Gasteiger partial charge in [0.1, 0.15) is 0 Å². The lowest BCUT2D eigenvalue weighted by Gasteiger charge is -2.17. The molecule has 68 valence electrons. The smallest absolute Gasteiger partial charge is 0.0236 e. The molecule has 0 amide bonds. The lowest BCUT2D eigenvalue weighted by molar-refractivity contribution is 0.291. The minimum absolute atomic E-state index is 0.945. The standard InChI is InChI=1S/C12H15N/c1-2-4-10(5-3-1)9-13-7-6-11-8-12(11)13/h1-5,11-12H,6-9H2/t11-,12+/m1/s1. The SMILES string of the molecule is c1ccc(CN2CC[C@@H]3C[C@@H]32)cc1. The fourth-order valence-corrected chi connectivity index (χ4v) is 2.50. The highest BCUT2D eigenvalue weighted by Gasteiger charge is 2.46. The summed E-state index contributed by atoms with van der Waals surface area (Å²) in [7, 11) is 0. The van der Waals surface area contributed by atoms with Crippen LogP contribution in [-0.2, 0) is 6.54 Å². The van der Waals surface area contributed by atoms with Gasteiger partial charge in [0, 0.05) is 12.6 Å². The molecule has 1 saturated heterocycles. The Kier molecular flexibility index (Phi) is 1.66. The highest BCUT2D eigenvalue weighted by Crippen LogP contribution is 2.44. The van der Waals surface area contributed by atoms with E-state index in [4.69, 9.17) is 0 Å². The molecule has 0 aromatic heterocycles. The van der Waals surface area contributed by atoms with E-state index in [-0.39, 0.29) is 0 Å². The van der Waals surface area contributed by atoms with Crippen molar-refractivity contribution in [1.29, 1.82) is 0 Å². The van der Waals surface area contributed by atoms with Crippen LogP contribution in [0.5, 0.6) is 0 Å². The van der Waals surface area contributed by atoms with E-state index in [1.54, 1.807) is 0 Å². The molecule has 1 heteroatoms. The van der Waals surface area contributed by atoms with Crippen molar-refractivity contribution in [2.24, 2.45) is 5.92 Å². The van der Waals surface area contributed by atoms with E-state index in [1.165, 1.54) is 31.5 Å². The second kappa shape index (κ2) is 2.85. The Morgan fingerprint density at radius 3 is 2.69 bits per heavy atom. The molecule has 1 aromatic carbocycles. The van der Waals surface area contributed by atoms with Crippen LogP contribution in [0.15, 0.2) is 30.3 Å². The number of fused-ring (bicyclic) bond motifs is 1. The predicted octanol–water partition coefficient (Wildman–Crippen LogP) is 2.28. The summed E-state index contributed by atoms with van der Waals surface area (Å²) in [6, 6.07) is 11.8. The Morgan fingerprint density at radius 2 is 2.08 bits per heavy atom. The molecule has 0 N–H and O–H groups in total. The van der Waals surface area contributed by atoms with Gasteiger partial charge in [0.15, 0.2) is 0 Å². The minimum Gasteiger partial charge on any atom is -0.296 e. The second-order valence-corrected chi connectivity index (χ2v) is 4.31. The fraction of sp³-hybridized carbons (Fsp3) is 0.500. The molecule has 1 aliphatic carbocycles. The number of piperidine rings is 1. The number of nitrogens with zero attached hydrogens (tertiary/aromatic N) is 1. The number of rotatable bonds is 2. The third kappa shape index (κ3) is 1.37. The summed E-state index contributed by atoms with van der Waals surface area (Å²) >= 11 is 0. The van der Waals surface area contributed by atoms with Gasteiger partial charge >= 0.3 is 0 Å². The molecule has 1 nitrogen and oxygen atoms in total. The number of hydrogen-bond acceptors (Lipinski definition) is 1. The van der Waals surface area contributed by atoms with E-state index in [2.05, 4.69) is 35.2 Å². The molecule has 1 saturated carbocycles. The lowest BCUT2D eigenvalue weighted by atomic mass is 10.2. The van der Waals surface area contributed by atoms with Gasteiger partial charge in [0.05, 0.1) is 0 Å². The summed E-state index contributed by atoms with van der Waals surface area (Å²) in [5.74, 6) is 1.06. The molecule has 1 heterocycles. The van der Waals surface area contributed by atoms with Gasteiger partial charge in [-0.1, -0.05) is 30.3 Å². The molecule has 2 atom stereocenters. The monoisotopic (exact) mass is 173 g/mol. The number of benzene rings is 1. The van der Waals surface area contributed by atoms with Gasteiger partial charge in [-0.15, -0.1) is 0 Å². The van der Waals surface area contributed by atoms with Crippen molar-refractivity contribution in [2.45, 2.75) is 25.4 Å². The Labute approximate surface area is 79.4 Å². The van der Waals surface area contributed by atoms with Crippen molar-refractivity contribution in [3.8, 4) is 0 Å². The summed E-state index contributed by atoms with van der Waals surface area (Å²) in [4.78, 5) is 2.64. The van der Waals surface area contributed by atoms with Crippen LogP contribution in [0.25, 0.3) is 0 Å². The quantitative estimate of drug-likeness (QED) is 0.663. The average molecular weight is 173 g/mol. The Balaban J connectivity index is 1.69. The normalized spacial score (nSPS) is 31.7. The number of hydrogen-bond donors (Lipinski definition) is 0. The van der Waals surface area contributed by atoms with Crippen molar-refractivity contribution in [3.05, 3.63) is 35.9 Å². The first-order chi connectivity index (χ1) is 6.43. The maximum atomic E-state index is 2.64. The fourth-order valence-electron chi connectivity index (χ4n) is 2.50. The van der Waals surface area contributed by atoms with Crippen molar-refractivity contribution < 1.29 is 0 Å². The van der Waals surface area contributed by atoms with Gasteiger partial charge in [-0.05, 0) is 30.9 Å². The molecule has 1 aromatic rings. The molecule has 13 heavy (non-hydrogen) atoms. The maximum absolute atomic E-state index is 2.64. The van der Waals surface area contributed by atoms with E-state index >= 15 is 0 Å². The summed E-state index contributed by atoms with van der Waals surface area (Å²) < 4.78 is 0. The van der Waals surface area contributed by atoms with E-state index < -0.39 is 0 Å². The van der Waals surface area contributed by atoms with Crippen molar-refractivity contribution in [2.75, 3.05) is 6.54 Å². The van der Waals surface area contributed by atoms with Gasteiger partial charge in [0.2, 0.25) is 0 Å². The topological polar surface area (TPSA) is 3.24 Å². The van der Waals surface area contributed by atoms with Crippen LogP contribution in [0.4, 0.5) is 0 Å². The molecule has 0 unspecified atom stereocenters. The van der Waals surface area contributed by atoms with Crippen molar-refractivity contribution >= 4 is 0 Å². The molecule has 2 aliphatic rings. The van der Waals surface area contributed by atoms with Gasteiger partial charge in [0.25, 0.3) is 0 Å². The summed E-state index contributed by atoms with van der Waals surface area (Å²) in [6.45, 7) is 2.49. The van der Waals surface area contributed by atoms with Crippen molar-refractivity contribution in [3.63, 3.8) is 0 Å². The summed E-state index contributed by atoms with van der Waals surface area (Å²) in [5, 5.41) is 0. The maximum Gasteiger partial charge on any atom is 0.0236 e. The van der Waals surface area contributed by atoms with Crippen LogP contribution in [0.2, 0.25) is 0 Å². The Morgan fingerprint density at radius 1 is 1.23 bits per heavy atom. The van der Waals surface area contributed by atoms with Crippen molar-refractivity contribution in [1.82, 2.24) is 4.90 Å². The molecule has 0 bridgehead atoms. The van der Waals surface area contributed by atoms with Crippen LogP contribution in [0.1, 0.15) is 18.4 Å². The zero-order valence-electron chi connectivity index (χ0n) is 7.82. The third-order valence-corrected chi connectivity index (χ3v) is 3.37. The molecular formula is C12H15N. The Bertz CT molecular complexity index is 293. The third-order valence-electron chi connectivity index (χ3n) is 3.37. The Hall–Kier alpha value is -0.820.